The first-order valence-electron chi connectivity index (χ1n) is 8.82. The van der Waals surface area contributed by atoms with Crippen molar-refractivity contribution in [3.8, 4) is 0 Å². The van der Waals surface area contributed by atoms with E-state index in [-0.39, 0.29) is 6.61 Å². The summed E-state index contributed by atoms with van der Waals surface area (Å²) in [7, 11) is -4.26. The van der Waals surface area contributed by atoms with Crippen molar-refractivity contribution < 1.29 is 18.9 Å². The van der Waals surface area contributed by atoms with Gasteiger partial charge in [0.25, 0.3) is 0 Å². The number of phosphoric ester groups is 1. The second-order valence-corrected chi connectivity index (χ2v) is 7.58. The van der Waals surface area contributed by atoms with Gasteiger partial charge >= 0.3 is 7.82 Å². The van der Waals surface area contributed by atoms with E-state index in [0.717, 1.165) is 31.6 Å². The minimum atomic E-state index is -4.26. The van der Waals surface area contributed by atoms with E-state index in [1.165, 1.54) is 64.2 Å². The Morgan fingerprint density at radius 3 is 1.27 bits per heavy atom. The Hall–Kier alpha value is 0.400. The number of hydrogen-bond donors (Lipinski definition) is 2. The molecule has 0 aromatic heterocycles. The SMILES string of the molecule is O=P(O)(O)OCCCCCCCCCCCCCCCCCl. The van der Waals surface area contributed by atoms with Crippen LogP contribution in [-0.2, 0) is 9.09 Å². The van der Waals surface area contributed by atoms with Crippen molar-refractivity contribution in [1.82, 2.24) is 0 Å². The van der Waals surface area contributed by atoms with Gasteiger partial charge in [0.05, 0.1) is 6.61 Å². The Kier molecular flexibility index (Phi) is 16.6. The van der Waals surface area contributed by atoms with E-state index in [0.29, 0.717) is 0 Å². The summed E-state index contributed by atoms with van der Waals surface area (Å²) in [5, 5.41) is 0. The zero-order valence-electron chi connectivity index (χ0n) is 13.8. The largest absolute Gasteiger partial charge is 0.469 e. The molecule has 4 nitrogen and oxygen atoms in total. The van der Waals surface area contributed by atoms with Crippen LogP contribution in [0.1, 0.15) is 89.9 Å². The number of rotatable bonds is 17. The van der Waals surface area contributed by atoms with Crippen LogP contribution in [0.4, 0.5) is 0 Å². The van der Waals surface area contributed by atoms with Gasteiger partial charge in [-0.1, -0.05) is 77.0 Å². The molecule has 0 aliphatic heterocycles. The molecule has 0 aliphatic rings. The summed E-state index contributed by atoms with van der Waals surface area (Å²) < 4.78 is 14.8. The first-order valence-corrected chi connectivity index (χ1v) is 10.9. The van der Waals surface area contributed by atoms with Crippen molar-refractivity contribution in [3.05, 3.63) is 0 Å². The molecule has 6 heteroatoms. The van der Waals surface area contributed by atoms with Crippen LogP contribution < -0.4 is 0 Å². The minimum absolute atomic E-state index is 0.162. The fraction of sp³-hybridized carbons (Fsp3) is 1.00. The molecule has 0 spiro atoms. The second kappa shape index (κ2) is 16.3. The average molecular weight is 357 g/mol. The van der Waals surface area contributed by atoms with E-state index >= 15 is 0 Å². The molecule has 22 heavy (non-hydrogen) atoms. The molecule has 0 aromatic rings. The standard InChI is InChI=1S/C16H34ClO4P/c17-15-13-11-9-7-5-3-1-2-4-6-8-10-12-14-16-21-22(18,19)20/h1-16H2,(H2,18,19,20). The third kappa shape index (κ3) is 20.4. The molecule has 0 heterocycles. The normalized spacial score (nSPS) is 12.0. The van der Waals surface area contributed by atoms with Gasteiger partial charge in [-0.15, -0.1) is 11.6 Å². The molecule has 0 aliphatic carbocycles. The van der Waals surface area contributed by atoms with Crippen molar-refractivity contribution >= 4 is 19.4 Å². The van der Waals surface area contributed by atoms with Crippen molar-refractivity contribution in [3.63, 3.8) is 0 Å². The highest BCUT2D eigenvalue weighted by molar-refractivity contribution is 7.46. The zero-order valence-corrected chi connectivity index (χ0v) is 15.5. The Bertz CT molecular complexity index is 271. The Morgan fingerprint density at radius 2 is 0.955 bits per heavy atom. The fourth-order valence-corrected chi connectivity index (χ4v) is 3.06. The van der Waals surface area contributed by atoms with Crippen molar-refractivity contribution in [1.29, 1.82) is 0 Å². The zero-order chi connectivity index (χ0) is 16.5. The van der Waals surface area contributed by atoms with Gasteiger partial charge < -0.3 is 9.79 Å². The lowest BCUT2D eigenvalue weighted by molar-refractivity contribution is 0.193. The van der Waals surface area contributed by atoms with Crippen LogP contribution in [0.2, 0.25) is 0 Å². The van der Waals surface area contributed by atoms with Gasteiger partial charge in [-0.2, -0.15) is 0 Å². The number of hydrogen-bond acceptors (Lipinski definition) is 2. The summed E-state index contributed by atoms with van der Waals surface area (Å²) in [4.78, 5) is 17.0. The molecule has 134 valence electrons. The van der Waals surface area contributed by atoms with Gasteiger partial charge in [0.15, 0.2) is 0 Å². The highest BCUT2D eigenvalue weighted by Gasteiger charge is 2.12. The first kappa shape index (κ1) is 22.4. The molecule has 0 rings (SSSR count). The molecule has 0 saturated carbocycles. The molecule has 2 N–H and O–H groups in total. The second-order valence-electron chi connectivity index (χ2n) is 5.96. The Labute approximate surface area is 141 Å². The summed E-state index contributed by atoms with van der Waals surface area (Å²) in [5.41, 5.74) is 0. The van der Waals surface area contributed by atoms with Gasteiger partial charge in [0.2, 0.25) is 0 Å². The summed E-state index contributed by atoms with van der Waals surface area (Å²) in [6.07, 6.45) is 17.2. The van der Waals surface area contributed by atoms with Crippen molar-refractivity contribution in [2.45, 2.75) is 89.9 Å². The van der Waals surface area contributed by atoms with Crippen molar-refractivity contribution in [2.24, 2.45) is 0 Å². The number of halogens is 1. The molecule has 0 aromatic carbocycles. The molecule has 0 amide bonds. The van der Waals surface area contributed by atoms with Crippen molar-refractivity contribution in [2.75, 3.05) is 12.5 Å². The average Bonchev–Trinajstić information content (AvgIpc) is 2.45. The van der Waals surface area contributed by atoms with E-state index in [4.69, 9.17) is 21.4 Å². The van der Waals surface area contributed by atoms with Gasteiger partial charge in [-0.25, -0.2) is 4.57 Å². The summed E-state index contributed by atoms with van der Waals surface area (Å²) in [5.74, 6) is 0.802. The molecule has 0 bridgehead atoms. The summed E-state index contributed by atoms with van der Waals surface area (Å²) >= 11 is 5.64. The lowest BCUT2D eigenvalue weighted by Gasteiger charge is -2.05. The third-order valence-corrected chi connectivity index (χ3v) is 4.57. The Balaban J connectivity index is 3.01. The van der Waals surface area contributed by atoms with Crippen LogP contribution in [0, 0.1) is 0 Å². The topological polar surface area (TPSA) is 66.8 Å². The predicted octanol–water partition coefficient (Wildman–Crippen LogP) is 5.80. The smallest absolute Gasteiger partial charge is 0.303 e. The van der Waals surface area contributed by atoms with Crippen LogP contribution >= 0.6 is 19.4 Å². The van der Waals surface area contributed by atoms with Crippen LogP contribution in [-0.4, -0.2) is 22.3 Å². The third-order valence-electron chi connectivity index (χ3n) is 3.79. The van der Waals surface area contributed by atoms with Crippen LogP contribution in [0.25, 0.3) is 0 Å². The predicted molar refractivity (Wildman–Crippen MR) is 93.4 cm³/mol. The maximum Gasteiger partial charge on any atom is 0.469 e. The van der Waals surface area contributed by atoms with E-state index < -0.39 is 7.82 Å². The summed E-state index contributed by atoms with van der Waals surface area (Å²) in [6, 6.07) is 0. The van der Waals surface area contributed by atoms with E-state index in [1.54, 1.807) is 0 Å². The van der Waals surface area contributed by atoms with Gasteiger partial charge in [-0.3, -0.25) is 4.52 Å². The minimum Gasteiger partial charge on any atom is -0.303 e. The lowest BCUT2D eigenvalue weighted by Crippen LogP contribution is -1.92. The number of alkyl halides is 1. The fourth-order valence-electron chi connectivity index (χ4n) is 2.50. The molecular formula is C16H34ClO4P. The molecular weight excluding hydrogens is 323 g/mol. The highest BCUT2D eigenvalue weighted by Crippen LogP contribution is 2.35. The maximum atomic E-state index is 10.4. The van der Waals surface area contributed by atoms with Crippen LogP contribution in [0.5, 0.6) is 0 Å². The number of phosphoric acid groups is 1. The maximum absolute atomic E-state index is 10.4. The van der Waals surface area contributed by atoms with E-state index in [9.17, 15) is 4.57 Å². The molecule has 0 radical (unpaired) electrons. The molecule has 0 unspecified atom stereocenters. The van der Waals surface area contributed by atoms with Gasteiger partial charge in [0.1, 0.15) is 0 Å². The van der Waals surface area contributed by atoms with Crippen LogP contribution in [0.15, 0.2) is 0 Å². The van der Waals surface area contributed by atoms with Crippen LogP contribution in [0.3, 0.4) is 0 Å². The van der Waals surface area contributed by atoms with E-state index in [1.807, 2.05) is 0 Å². The quantitative estimate of drug-likeness (QED) is 0.196. The van der Waals surface area contributed by atoms with Gasteiger partial charge in [-0.05, 0) is 12.8 Å². The van der Waals surface area contributed by atoms with E-state index in [2.05, 4.69) is 4.52 Å². The molecule has 0 saturated heterocycles. The summed E-state index contributed by atoms with van der Waals surface area (Å²) in [6.45, 7) is 0.162. The lowest BCUT2D eigenvalue weighted by atomic mass is 10.0. The Morgan fingerprint density at radius 1 is 0.636 bits per heavy atom. The highest BCUT2D eigenvalue weighted by atomic mass is 35.5. The number of unbranched alkanes of at least 4 members (excludes halogenated alkanes) is 13. The molecule has 0 atom stereocenters. The first-order chi connectivity index (χ1) is 10.6. The molecule has 0 fully saturated rings. The monoisotopic (exact) mass is 356 g/mol. The van der Waals surface area contributed by atoms with Gasteiger partial charge in [0, 0.05) is 5.88 Å².